The first kappa shape index (κ1) is 16.9. The summed E-state index contributed by atoms with van der Waals surface area (Å²) < 4.78 is 1.50. The Labute approximate surface area is 147 Å². The van der Waals surface area contributed by atoms with Crippen molar-refractivity contribution in [3.63, 3.8) is 0 Å². The summed E-state index contributed by atoms with van der Waals surface area (Å²) in [5.41, 5.74) is 1.84. The quantitative estimate of drug-likeness (QED) is 0.645. The second-order valence-corrected chi connectivity index (χ2v) is 7.59. The van der Waals surface area contributed by atoms with Gasteiger partial charge in [-0.3, -0.25) is 4.79 Å². The van der Waals surface area contributed by atoms with Gasteiger partial charge >= 0.3 is 0 Å². The molecule has 2 aromatic rings. The Bertz CT molecular complexity index is 680. The lowest BCUT2D eigenvalue weighted by Crippen LogP contribution is -2.40. The number of hydrogen-bond acceptors (Lipinski definition) is 4. The number of nitrogen functional groups attached to an aromatic ring is 1. The summed E-state index contributed by atoms with van der Waals surface area (Å²) in [6.45, 7) is 1.90. The molecule has 1 aromatic heterocycles. The molecular formula is C18H24N4OS. The first-order valence-corrected chi connectivity index (χ1v) is 9.38. The third kappa shape index (κ3) is 4.12. The van der Waals surface area contributed by atoms with Crippen LogP contribution in [-0.4, -0.2) is 26.9 Å². The van der Waals surface area contributed by atoms with Gasteiger partial charge in [-0.25, -0.2) is 9.66 Å². The zero-order valence-electron chi connectivity index (χ0n) is 13.9. The van der Waals surface area contributed by atoms with Crippen LogP contribution < -0.4 is 11.2 Å². The van der Waals surface area contributed by atoms with Gasteiger partial charge in [0.05, 0.1) is 17.1 Å². The highest BCUT2D eigenvalue weighted by Gasteiger charge is 2.22. The van der Waals surface area contributed by atoms with Crippen molar-refractivity contribution in [2.45, 2.75) is 55.5 Å². The van der Waals surface area contributed by atoms with Crippen LogP contribution in [0.3, 0.4) is 0 Å². The third-order valence-corrected chi connectivity index (χ3v) is 5.45. The van der Waals surface area contributed by atoms with Gasteiger partial charge in [-0.2, -0.15) is 0 Å². The molecule has 0 aliphatic heterocycles. The highest BCUT2D eigenvalue weighted by atomic mass is 32.2. The number of nitrogens with zero attached hydrogens (tertiary/aromatic N) is 2. The van der Waals surface area contributed by atoms with Gasteiger partial charge in [-0.15, -0.1) is 0 Å². The molecule has 1 atom stereocenters. The number of rotatable bonds is 5. The van der Waals surface area contributed by atoms with E-state index in [0.717, 1.165) is 24.1 Å². The monoisotopic (exact) mass is 344 g/mol. The first-order valence-electron chi connectivity index (χ1n) is 8.50. The Morgan fingerprint density at radius 1 is 1.29 bits per heavy atom. The van der Waals surface area contributed by atoms with Crippen LogP contribution in [0.25, 0.3) is 11.3 Å². The molecule has 3 rings (SSSR count). The molecule has 1 saturated carbocycles. The van der Waals surface area contributed by atoms with Gasteiger partial charge in [-0.1, -0.05) is 61.4 Å². The molecule has 1 amide bonds. The van der Waals surface area contributed by atoms with E-state index in [4.69, 9.17) is 5.84 Å². The van der Waals surface area contributed by atoms with Crippen molar-refractivity contribution in [1.29, 1.82) is 0 Å². The van der Waals surface area contributed by atoms with Crippen LogP contribution in [0.2, 0.25) is 0 Å². The second-order valence-electron chi connectivity index (χ2n) is 6.29. The standard InChI is InChI=1S/C18H24N4OS/c1-13(17(23)20-15-10-6-3-7-11-15)24-18-21-16(12-22(18)19)14-8-4-2-5-9-14/h2,4-5,8-9,12-13,15H,3,6-7,10-11,19H2,1H3,(H,20,23). The van der Waals surface area contributed by atoms with Crippen molar-refractivity contribution in [3.05, 3.63) is 36.5 Å². The molecule has 1 aliphatic rings. The predicted octanol–water partition coefficient (Wildman–Crippen LogP) is 3.19. The number of imidazole rings is 1. The molecule has 0 radical (unpaired) electrons. The number of aromatic nitrogens is 2. The highest BCUT2D eigenvalue weighted by Crippen LogP contribution is 2.26. The summed E-state index contributed by atoms with van der Waals surface area (Å²) >= 11 is 1.40. The highest BCUT2D eigenvalue weighted by molar-refractivity contribution is 8.00. The maximum Gasteiger partial charge on any atom is 0.233 e. The minimum Gasteiger partial charge on any atom is -0.352 e. The van der Waals surface area contributed by atoms with Crippen molar-refractivity contribution in [2.75, 3.05) is 5.84 Å². The Kier molecular flexibility index (Phi) is 5.45. The second kappa shape index (κ2) is 7.75. The maximum absolute atomic E-state index is 12.4. The first-order chi connectivity index (χ1) is 11.6. The average Bonchev–Trinajstić information content (AvgIpc) is 2.97. The van der Waals surface area contributed by atoms with E-state index in [9.17, 15) is 4.79 Å². The topological polar surface area (TPSA) is 72.9 Å². The van der Waals surface area contributed by atoms with Crippen molar-refractivity contribution in [1.82, 2.24) is 15.0 Å². The van der Waals surface area contributed by atoms with Crippen molar-refractivity contribution < 1.29 is 4.79 Å². The summed E-state index contributed by atoms with van der Waals surface area (Å²) in [5, 5.41) is 3.59. The fraction of sp³-hybridized carbons (Fsp3) is 0.444. The van der Waals surface area contributed by atoms with Gasteiger partial charge in [0.25, 0.3) is 0 Å². The Morgan fingerprint density at radius 2 is 2.00 bits per heavy atom. The summed E-state index contributed by atoms with van der Waals surface area (Å²) in [5.74, 6) is 6.08. The molecular weight excluding hydrogens is 320 g/mol. The molecule has 3 N–H and O–H groups in total. The summed E-state index contributed by atoms with van der Waals surface area (Å²) in [6, 6.07) is 10.2. The molecule has 0 spiro atoms. The van der Waals surface area contributed by atoms with Gasteiger partial charge < -0.3 is 11.2 Å². The number of nitrogens with one attached hydrogen (secondary N) is 1. The Hall–Kier alpha value is -1.95. The zero-order valence-corrected chi connectivity index (χ0v) is 14.8. The van der Waals surface area contributed by atoms with Crippen molar-refractivity contribution in [2.24, 2.45) is 0 Å². The lowest BCUT2D eigenvalue weighted by atomic mass is 9.95. The number of nitrogens with two attached hydrogens (primary N) is 1. The molecule has 5 nitrogen and oxygen atoms in total. The Morgan fingerprint density at radius 3 is 2.71 bits per heavy atom. The third-order valence-electron chi connectivity index (χ3n) is 4.37. The van der Waals surface area contributed by atoms with E-state index in [1.165, 1.54) is 35.7 Å². The molecule has 1 aliphatic carbocycles. The predicted molar refractivity (Wildman–Crippen MR) is 98.1 cm³/mol. The minimum atomic E-state index is -0.222. The van der Waals surface area contributed by atoms with Crippen LogP contribution in [0.1, 0.15) is 39.0 Å². The van der Waals surface area contributed by atoms with Crippen LogP contribution in [0.5, 0.6) is 0 Å². The van der Waals surface area contributed by atoms with Crippen molar-refractivity contribution in [3.8, 4) is 11.3 Å². The number of amides is 1. The largest absolute Gasteiger partial charge is 0.352 e. The van der Waals surface area contributed by atoms with E-state index in [0.29, 0.717) is 11.2 Å². The molecule has 1 fully saturated rings. The van der Waals surface area contributed by atoms with E-state index < -0.39 is 0 Å². The van der Waals surface area contributed by atoms with Crippen LogP contribution >= 0.6 is 11.8 Å². The van der Waals surface area contributed by atoms with E-state index in [2.05, 4.69) is 10.3 Å². The smallest absolute Gasteiger partial charge is 0.233 e. The van der Waals surface area contributed by atoms with Gasteiger partial charge in [0.15, 0.2) is 5.16 Å². The lowest BCUT2D eigenvalue weighted by molar-refractivity contribution is -0.121. The van der Waals surface area contributed by atoms with E-state index >= 15 is 0 Å². The molecule has 6 heteroatoms. The molecule has 24 heavy (non-hydrogen) atoms. The van der Waals surface area contributed by atoms with Crippen LogP contribution in [0.15, 0.2) is 41.7 Å². The number of benzene rings is 1. The normalized spacial score (nSPS) is 16.7. The summed E-state index contributed by atoms with van der Waals surface area (Å²) in [6.07, 6.45) is 7.67. The molecule has 0 saturated heterocycles. The van der Waals surface area contributed by atoms with Crippen LogP contribution in [0.4, 0.5) is 0 Å². The van der Waals surface area contributed by atoms with E-state index in [1.807, 2.05) is 37.3 Å². The Balaban J connectivity index is 1.62. The average molecular weight is 344 g/mol. The molecule has 0 bridgehead atoms. The van der Waals surface area contributed by atoms with Gasteiger partial charge in [-0.05, 0) is 19.8 Å². The van der Waals surface area contributed by atoms with E-state index in [-0.39, 0.29) is 11.2 Å². The number of carbonyl (C=O) groups is 1. The summed E-state index contributed by atoms with van der Waals surface area (Å²) in [7, 11) is 0. The summed E-state index contributed by atoms with van der Waals surface area (Å²) in [4.78, 5) is 17.0. The van der Waals surface area contributed by atoms with Crippen LogP contribution in [-0.2, 0) is 4.79 Å². The SMILES string of the molecule is CC(Sc1nc(-c2ccccc2)cn1N)C(=O)NC1CCCCC1. The number of hydrogen-bond donors (Lipinski definition) is 2. The minimum absolute atomic E-state index is 0.0659. The fourth-order valence-electron chi connectivity index (χ4n) is 2.99. The zero-order chi connectivity index (χ0) is 16.9. The van der Waals surface area contributed by atoms with Gasteiger partial charge in [0, 0.05) is 11.6 Å². The lowest BCUT2D eigenvalue weighted by Gasteiger charge is -2.24. The van der Waals surface area contributed by atoms with E-state index in [1.54, 1.807) is 6.20 Å². The van der Waals surface area contributed by atoms with Crippen molar-refractivity contribution >= 4 is 17.7 Å². The van der Waals surface area contributed by atoms with Gasteiger partial charge in [0.1, 0.15) is 0 Å². The molecule has 1 heterocycles. The maximum atomic E-state index is 12.4. The number of thioether (sulfide) groups is 1. The number of carbonyl (C=O) groups excluding carboxylic acids is 1. The molecule has 128 valence electrons. The van der Waals surface area contributed by atoms with Crippen LogP contribution in [0, 0.1) is 0 Å². The fourth-order valence-corrected chi connectivity index (χ4v) is 3.81. The molecule has 1 unspecified atom stereocenters. The molecule has 1 aromatic carbocycles. The van der Waals surface area contributed by atoms with Gasteiger partial charge in [0.2, 0.25) is 5.91 Å².